The minimum atomic E-state index is -0.0411. The third-order valence-electron chi connectivity index (χ3n) is 3.32. The van der Waals surface area contributed by atoms with E-state index in [0.717, 1.165) is 32.4 Å². The number of halogens is 1. The number of hydrogen-bond acceptors (Lipinski definition) is 1. The number of amides is 1. The number of nitrogens with one attached hydrogen (secondary N) is 1. The minimum absolute atomic E-state index is 0.0411. The number of anilines is 1. The Morgan fingerprint density at radius 2 is 1.89 bits per heavy atom. The molecular weight excluding hydrogens is 302 g/mol. The van der Waals surface area contributed by atoms with Gasteiger partial charge in [0.15, 0.2) is 0 Å². The van der Waals surface area contributed by atoms with Gasteiger partial charge in [-0.25, -0.2) is 0 Å². The summed E-state index contributed by atoms with van der Waals surface area (Å²) in [4.78, 5) is 12.0. The third-order valence-corrected chi connectivity index (χ3v) is 4.18. The van der Waals surface area contributed by atoms with Gasteiger partial charge in [0.05, 0.1) is 0 Å². The first-order valence-electron chi connectivity index (χ1n) is 6.04. The lowest BCUT2D eigenvalue weighted by Gasteiger charge is -2.04. The molecule has 3 heteroatoms. The number of carbonyl (C=O) groups excluding carboxylic acids is 1. The monoisotopic (exact) mass is 313 g/mol. The molecule has 1 amide bonds. The third kappa shape index (κ3) is 2.10. The fourth-order valence-corrected chi connectivity index (χ4v) is 2.60. The number of carbonyl (C=O) groups is 1. The van der Waals surface area contributed by atoms with Crippen LogP contribution < -0.4 is 5.32 Å². The molecule has 2 nitrogen and oxygen atoms in total. The largest absolute Gasteiger partial charge is 0.321 e. The van der Waals surface area contributed by atoms with E-state index < -0.39 is 0 Å². The molecule has 0 atom stereocenters. The molecule has 0 spiro atoms. The zero-order valence-electron chi connectivity index (χ0n) is 10.4. The molecule has 1 aliphatic heterocycles. The highest BCUT2D eigenvalue weighted by Gasteiger charge is 2.23. The maximum atomic E-state index is 12.0. The Morgan fingerprint density at radius 3 is 2.74 bits per heavy atom. The van der Waals surface area contributed by atoms with Crippen LogP contribution in [-0.4, -0.2) is 5.91 Å². The van der Waals surface area contributed by atoms with Crippen molar-refractivity contribution in [3.63, 3.8) is 0 Å². The van der Waals surface area contributed by atoms with Gasteiger partial charge in [-0.2, -0.15) is 0 Å². The van der Waals surface area contributed by atoms with Crippen LogP contribution in [0.5, 0.6) is 0 Å². The van der Waals surface area contributed by atoms with Crippen LogP contribution in [0, 0.1) is 6.92 Å². The molecule has 0 fully saturated rings. The Hall–Kier alpha value is -1.87. The Labute approximate surface area is 120 Å². The average Bonchev–Trinajstić information content (AvgIpc) is 2.72. The molecule has 1 aliphatic rings. The molecule has 3 rings (SSSR count). The summed E-state index contributed by atoms with van der Waals surface area (Å²) >= 11 is 3.51. The van der Waals surface area contributed by atoms with Gasteiger partial charge in [0.1, 0.15) is 0 Å². The molecule has 2 aromatic rings. The van der Waals surface area contributed by atoms with Gasteiger partial charge >= 0.3 is 0 Å². The molecule has 0 unspecified atom stereocenters. The molecule has 0 bridgehead atoms. The first-order valence-corrected chi connectivity index (χ1v) is 6.83. The summed E-state index contributed by atoms with van der Waals surface area (Å²) in [6.45, 7) is 2.04. The van der Waals surface area contributed by atoms with Gasteiger partial charge in [0.2, 0.25) is 0 Å². The van der Waals surface area contributed by atoms with E-state index in [1.54, 1.807) is 0 Å². The number of hydrogen-bond donors (Lipinski definition) is 1. The number of fused-ring (bicyclic) bond motifs is 1. The van der Waals surface area contributed by atoms with E-state index in [2.05, 4.69) is 21.2 Å². The van der Waals surface area contributed by atoms with Gasteiger partial charge in [-0.05, 0) is 36.3 Å². The second-order valence-corrected chi connectivity index (χ2v) is 5.37. The summed E-state index contributed by atoms with van der Waals surface area (Å²) in [5.41, 5.74) is 4.75. The summed E-state index contributed by atoms with van der Waals surface area (Å²) in [5.74, 6) is -0.0411. The summed E-state index contributed by atoms with van der Waals surface area (Å²) in [5, 5.41) is 2.88. The highest BCUT2D eigenvalue weighted by Crippen LogP contribution is 2.33. The van der Waals surface area contributed by atoms with Crippen LogP contribution in [0.4, 0.5) is 5.69 Å². The summed E-state index contributed by atoms with van der Waals surface area (Å²) in [7, 11) is 0. The van der Waals surface area contributed by atoms with E-state index in [-0.39, 0.29) is 5.91 Å². The van der Waals surface area contributed by atoms with Crippen molar-refractivity contribution >= 4 is 39.2 Å². The standard InChI is InChI=1S/C16H12BrNO/c1-10-11(5-4-7-14(10)17)9-13-12-6-2-3-8-15(12)18-16(13)19/h2-9H,1H3,(H,18,19). The first kappa shape index (κ1) is 12.2. The normalized spacial score (nSPS) is 15.5. The zero-order chi connectivity index (χ0) is 13.4. The minimum Gasteiger partial charge on any atom is -0.321 e. The first-order chi connectivity index (χ1) is 9.16. The molecule has 94 valence electrons. The van der Waals surface area contributed by atoms with Gasteiger partial charge in [0.25, 0.3) is 5.91 Å². The molecule has 0 saturated heterocycles. The van der Waals surface area contributed by atoms with Crippen molar-refractivity contribution in [2.75, 3.05) is 5.32 Å². The zero-order valence-corrected chi connectivity index (χ0v) is 12.0. The van der Waals surface area contributed by atoms with Crippen LogP contribution in [0.1, 0.15) is 16.7 Å². The molecule has 1 heterocycles. The smallest absolute Gasteiger partial charge is 0.256 e. The van der Waals surface area contributed by atoms with Crippen molar-refractivity contribution in [3.05, 3.63) is 63.6 Å². The summed E-state index contributed by atoms with van der Waals surface area (Å²) < 4.78 is 1.05. The van der Waals surface area contributed by atoms with Crippen molar-refractivity contribution in [2.24, 2.45) is 0 Å². The predicted octanol–water partition coefficient (Wildman–Crippen LogP) is 4.25. The second-order valence-electron chi connectivity index (χ2n) is 4.51. The highest BCUT2D eigenvalue weighted by molar-refractivity contribution is 9.10. The molecule has 19 heavy (non-hydrogen) atoms. The lowest BCUT2D eigenvalue weighted by Crippen LogP contribution is -2.03. The quantitative estimate of drug-likeness (QED) is 0.783. The van der Waals surface area contributed by atoms with E-state index in [1.165, 1.54) is 0 Å². The van der Waals surface area contributed by atoms with Crippen molar-refractivity contribution in [2.45, 2.75) is 6.92 Å². The fourth-order valence-electron chi connectivity index (χ4n) is 2.22. The average molecular weight is 314 g/mol. The maximum Gasteiger partial charge on any atom is 0.256 e. The number of benzene rings is 2. The lowest BCUT2D eigenvalue weighted by atomic mass is 10.0. The van der Waals surface area contributed by atoms with Crippen molar-refractivity contribution in [1.29, 1.82) is 0 Å². The topological polar surface area (TPSA) is 29.1 Å². The molecule has 0 saturated carbocycles. The van der Waals surface area contributed by atoms with Crippen LogP contribution >= 0.6 is 15.9 Å². The summed E-state index contributed by atoms with van der Waals surface area (Å²) in [6.07, 6.45) is 1.95. The highest BCUT2D eigenvalue weighted by atomic mass is 79.9. The summed E-state index contributed by atoms with van der Waals surface area (Å²) in [6, 6.07) is 13.7. The Kier molecular flexibility index (Phi) is 2.99. The van der Waals surface area contributed by atoms with E-state index in [1.807, 2.05) is 55.5 Å². The Bertz CT molecular complexity index is 704. The van der Waals surface area contributed by atoms with E-state index in [4.69, 9.17) is 0 Å². The van der Waals surface area contributed by atoms with Crippen LogP contribution in [0.2, 0.25) is 0 Å². The van der Waals surface area contributed by atoms with Crippen molar-refractivity contribution in [1.82, 2.24) is 0 Å². The molecular formula is C16H12BrNO. The van der Waals surface area contributed by atoms with Crippen molar-refractivity contribution < 1.29 is 4.79 Å². The lowest BCUT2D eigenvalue weighted by molar-refractivity contribution is -0.110. The van der Waals surface area contributed by atoms with E-state index in [9.17, 15) is 4.79 Å². The number of rotatable bonds is 1. The molecule has 0 aliphatic carbocycles. The SMILES string of the molecule is Cc1c(Br)cccc1C=C1C(=O)Nc2ccccc21. The van der Waals surface area contributed by atoms with Gasteiger partial charge < -0.3 is 5.32 Å². The van der Waals surface area contributed by atoms with Gasteiger partial charge in [0, 0.05) is 21.3 Å². The van der Waals surface area contributed by atoms with Crippen LogP contribution in [0.15, 0.2) is 46.9 Å². The van der Waals surface area contributed by atoms with Crippen molar-refractivity contribution in [3.8, 4) is 0 Å². The Balaban J connectivity index is 2.14. The second kappa shape index (κ2) is 4.67. The fraction of sp³-hybridized carbons (Fsp3) is 0.0625. The molecule has 2 aromatic carbocycles. The molecule has 0 aromatic heterocycles. The maximum absolute atomic E-state index is 12.0. The number of para-hydroxylation sites is 1. The van der Waals surface area contributed by atoms with Gasteiger partial charge in [-0.15, -0.1) is 0 Å². The molecule has 0 radical (unpaired) electrons. The van der Waals surface area contributed by atoms with Gasteiger partial charge in [-0.1, -0.05) is 46.3 Å². The van der Waals surface area contributed by atoms with Gasteiger partial charge in [-0.3, -0.25) is 4.79 Å². The molecule has 1 N–H and O–H groups in total. The van der Waals surface area contributed by atoms with Crippen LogP contribution in [-0.2, 0) is 4.79 Å². The Morgan fingerprint density at radius 1 is 1.11 bits per heavy atom. The predicted molar refractivity (Wildman–Crippen MR) is 81.8 cm³/mol. The van der Waals surface area contributed by atoms with Crippen LogP contribution in [0.25, 0.3) is 11.6 Å². The van der Waals surface area contributed by atoms with E-state index in [0.29, 0.717) is 0 Å². The van der Waals surface area contributed by atoms with E-state index >= 15 is 0 Å². The van der Waals surface area contributed by atoms with Crippen LogP contribution in [0.3, 0.4) is 0 Å².